The molecule has 0 spiro atoms. The van der Waals surface area contributed by atoms with E-state index in [0.717, 1.165) is 12.6 Å². The fourth-order valence-electron chi connectivity index (χ4n) is 2.86. The van der Waals surface area contributed by atoms with Crippen LogP contribution in [0.15, 0.2) is 0 Å². The number of unbranched alkanes of at least 4 members (excludes halogenated alkanes) is 6. The van der Waals surface area contributed by atoms with Crippen molar-refractivity contribution in [3.8, 4) is 0 Å². The SMILES string of the molecule is CCCCCCCCCC(CCN(CC)CC)NCC. The van der Waals surface area contributed by atoms with Crippen molar-refractivity contribution >= 4 is 0 Å². The van der Waals surface area contributed by atoms with Gasteiger partial charge in [-0.25, -0.2) is 0 Å². The van der Waals surface area contributed by atoms with E-state index in [4.69, 9.17) is 0 Å². The molecule has 0 amide bonds. The molecule has 2 heteroatoms. The van der Waals surface area contributed by atoms with E-state index in [1.54, 1.807) is 0 Å². The summed E-state index contributed by atoms with van der Waals surface area (Å²) in [6.45, 7) is 13.8. The minimum atomic E-state index is 0.733. The molecule has 0 rings (SSSR count). The van der Waals surface area contributed by atoms with Crippen LogP contribution in [0.4, 0.5) is 0 Å². The van der Waals surface area contributed by atoms with Crippen LogP contribution in [0, 0.1) is 0 Å². The quantitative estimate of drug-likeness (QED) is 0.433. The molecule has 0 saturated carbocycles. The van der Waals surface area contributed by atoms with Crippen molar-refractivity contribution in [2.75, 3.05) is 26.2 Å². The molecule has 0 fully saturated rings. The summed E-state index contributed by atoms with van der Waals surface area (Å²) < 4.78 is 0. The van der Waals surface area contributed by atoms with Crippen LogP contribution >= 0.6 is 0 Å². The van der Waals surface area contributed by atoms with Gasteiger partial charge in [0, 0.05) is 6.04 Å². The summed E-state index contributed by atoms with van der Waals surface area (Å²) >= 11 is 0. The lowest BCUT2D eigenvalue weighted by atomic mass is 10.0. The Kier molecular flexibility index (Phi) is 15.3. The van der Waals surface area contributed by atoms with Gasteiger partial charge in [0.2, 0.25) is 0 Å². The van der Waals surface area contributed by atoms with Gasteiger partial charge >= 0.3 is 0 Å². The lowest BCUT2D eigenvalue weighted by Gasteiger charge is -2.23. The average molecular weight is 285 g/mol. The summed E-state index contributed by atoms with van der Waals surface area (Å²) in [5.41, 5.74) is 0. The summed E-state index contributed by atoms with van der Waals surface area (Å²) in [6.07, 6.45) is 12.6. The van der Waals surface area contributed by atoms with Crippen molar-refractivity contribution < 1.29 is 0 Å². The summed E-state index contributed by atoms with van der Waals surface area (Å²) in [6, 6.07) is 0.733. The summed E-state index contributed by atoms with van der Waals surface area (Å²) in [5, 5.41) is 3.67. The third-order valence-electron chi connectivity index (χ3n) is 4.34. The molecule has 0 bridgehead atoms. The highest BCUT2D eigenvalue weighted by Gasteiger charge is 2.08. The Morgan fingerprint density at radius 3 is 1.90 bits per heavy atom. The van der Waals surface area contributed by atoms with Crippen LogP contribution in [0.5, 0.6) is 0 Å². The predicted octanol–water partition coefficient (Wildman–Crippen LogP) is 4.84. The van der Waals surface area contributed by atoms with Gasteiger partial charge in [0.25, 0.3) is 0 Å². The van der Waals surface area contributed by atoms with Gasteiger partial charge in [0.05, 0.1) is 0 Å². The lowest BCUT2D eigenvalue weighted by Crippen LogP contribution is -2.34. The van der Waals surface area contributed by atoms with Crippen molar-refractivity contribution in [2.45, 2.75) is 91.5 Å². The van der Waals surface area contributed by atoms with Crippen molar-refractivity contribution in [1.29, 1.82) is 0 Å². The molecule has 2 nitrogen and oxygen atoms in total. The van der Waals surface area contributed by atoms with Crippen LogP contribution in [0.25, 0.3) is 0 Å². The molecule has 0 aliphatic carbocycles. The maximum Gasteiger partial charge on any atom is 0.00791 e. The van der Waals surface area contributed by atoms with Gasteiger partial charge in [-0.15, -0.1) is 0 Å². The normalized spacial score (nSPS) is 13.1. The molecule has 0 aromatic heterocycles. The fourth-order valence-corrected chi connectivity index (χ4v) is 2.86. The zero-order chi connectivity index (χ0) is 15.1. The van der Waals surface area contributed by atoms with E-state index in [1.807, 2.05) is 0 Å². The number of hydrogen-bond donors (Lipinski definition) is 1. The van der Waals surface area contributed by atoms with Crippen molar-refractivity contribution in [3.63, 3.8) is 0 Å². The molecule has 1 unspecified atom stereocenters. The first-order valence-corrected chi connectivity index (χ1v) is 9.24. The van der Waals surface area contributed by atoms with E-state index in [1.165, 1.54) is 77.4 Å². The molecular weight excluding hydrogens is 244 g/mol. The lowest BCUT2D eigenvalue weighted by molar-refractivity contribution is 0.276. The topological polar surface area (TPSA) is 15.3 Å². The van der Waals surface area contributed by atoms with E-state index >= 15 is 0 Å². The van der Waals surface area contributed by atoms with Gasteiger partial charge in [-0.3, -0.25) is 0 Å². The largest absolute Gasteiger partial charge is 0.314 e. The molecular formula is C18H40N2. The van der Waals surface area contributed by atoms with E-state index in [0.29, 0.717) is 0 Å². The van der Waals surface area contributed by atoms with Gasteiger partial charge in [-0.05, 0) is 39.0 Å². The Morgan fingerprint density at radius 1 is 0.750 bits per heavy atom. The zero-order valence-corrected chi connectivity index (χ0v) is 14.7. The maximum absolute atomic E-state index is 3.67. The summed E-state index contributed by atoms with van der Waals surface area (Å²) in [7, 11) is 0. The average Bonchev–Trinajstić information content (AvgIpc) is 2.47. The monoisotopic (exact) mass is 284 g/mol. The highest BCUT2D eigenvalue weighted by molar-refractivity contribution is 4.68. The maximum atomic E-state index is 3.67. The Balaban J connectivity index is 3.63. The van der Waals surface area contributed by atoms with Gasteiger partial charge in [0.15, 0.2) is 0 Å². The Hall–Kier alpha value is -0.0800. The first kappa shape index (κ1) is 19.9. The highest BCUT2D eigenvalue weighted by atomic mass is 15.1. The van der Waals surface area contributed by atoms with E-state index in [2.05, 4.69) is 37.9 Å². The predicted molar refractivity (Wildman–Crippen MR) is 92.5 cm³/mol. The van der Waals surface area contributed by atoms with Gasteiger partial charge < -0.3 is 10.2 Å². The third-order valence-corrected chi connectivity index (χ3v) is 4.34. The van der Waals surface area contributed by atoms with Gasteiger partial charge in [-0.2, -0.15) is 0 Å². The standard InChI is InChI=1S/C18H40N2/c1-5-9-10-11-12-13-14-15-18(19-6-2)16-17-20(7-3)8-4/h18-19H,5-17H2,1-4H3. The van der Waals surface area contributed by atoms with E-state index in [9.17, 15) is 0 Å². The molecule has 0 heterocycles. The first-order valence-electron chi connectivity index (χ1n) is 9.24. The molecule has 122 valence electrons. The molecule has 0 saturated heterocycles. The Bertz CT molecular complexity index is 178. The number of nitrogens with zero attached hydrogens (tertiary/aromatic N) is 1. The van der Waals surface area contributed by atoms with Crippen molar-refractivity contribution in [2.24, 2.45) is 0 Å². The van der Waals surface area contributed by atoms with Crippen LogP contribution < -0.4 is 5.32 Å². The summed E-state index contributed by atoms with van der Waals surface area (Å²) in [4.78, 5) is 2.54. The molecule has 0 aliphatic heterocycles. The Morgan fingerprint density at radius 2 is 1.35 bits per heavy atom. The first-order chi connectivity index (χ1) is 9.78. The van der Waals surface area contributed by atoms with Crippen LogP contribution in [0.3, 0.4) is 0 Å². The molecule has 0 aliphatic rings. The highest BCUT2D eigenvalue weighted by Crippen LogP contribution is 2.11. The number of nitrogens with one attached hydrogen (secondary N) is 1. The Labute approximate surface area is 128 Å². The van der Waals surface area contributed by atoms with Crippen LogP contribution in [-0.2, 0) is 0 Å². The molecule has 1 atom stereocenters. The van der Waals surface area contributed by atoms with Crippen molar-refractivity contribution in [3.05, 3.63) is 0 Å². The minimum absolute atomic E-state index is 0.733. The van der Waals surface area contributed by atoms with Crippen LogP contribution in [0.2, 0.25) is 0 Å². The zero-order valence-electron chi connectivity index (χ0n) is 14.7. The van der Waals surface area contributed by atoms with Crippen LogP contribution in [0.1, 0.15) is 85.5 Å². The third kappa shape index (κ3) is 11.7. The second-order valence-electron chi connectivity index (χ2n) is 5.98. The minimum Gasteiger partial charge on any atom is -0.314 e. The smallest absolute Gasteiger partial charge is 0.00791 e. The fraction of sp³-hybridized carbons (Fsp3) is 1.00. The number of hydrogen-bond acceptors (Lipinski definition) is 2. The van der Waals surface area contributed by atoms with Crippen LogP contribution in [-0.4, -0.2) is 37.1 Å². The molecule has 0 radical (unpaired) electrons. The molecule has 1 N–H and O–H groups in total. The molecule has 0 aromatic rings. The molecule has 0 aromatic carbocycles. The van der Waals surface area contributed by atoms with E-state index in [-0.39, 0.29) is 0 Å². The van der Waals surface area contributed by atoms with E-state index < -0.39 is 0 Å². The second-order valence-corrected chi connectivity index (χ2v) is 5.98. The summed E-state index contributed by atoms with van der Waals surface area (Å²) in [5.74, 6) is 0. The molecule has 20 heavy (non-hydrogen) atoms. The van der Waals surface area contributed by atoms with Gasteiger partial charge in [-0.1, -0.05) is 72.6 Å². The second kappa shape index (κ2) is 15.3. The van der Waals surface area contributed by atoms with Gasteiger partial charge in [0.1, 0.15) is 0 Å². The number of rotatable bonds is 15. The van der Waals surface area contributed by atoms with Crippen molar-refractivity contribution in [1.82, 2.24) is 10.2 Å².